The molecule has 3 N–H and O–H groups in total. The van der Waals surface area contributed by atoms with Crippen LogP contribution in [-0.4, -0.2) is 25.1 Å². The van der Waals surface area contributed by atoms with Crippen LogP contribution >= 0.6 is 0 Å². The summed E-state index contributed by atoms with van der Waals surface area (Å²) in [6, 6.07) is 9.58. The highest BCUT2D eigenvalue weighted by molar-refractivity contribution is 7.92. The number of amides is 1. The molecule has 0 saturated heterocycles. The zero-order valence-corrected chi connectivity index (χ0v) is 15.0. The van der Waals surface area contributed by atoms with E-state index in [1.54, 1.807) is 12.1 Å². The third-order valence-electron chi connectivity index (χ3n) is 3.70. The molecule has 3 aromatic rings. The molecular formula is C17H16FN3O5S. The largest absolute Gasteiger partial charge is 0.417 e. The molecule has 10 heteroatoms. The van der Waals surface area contributed by atoms with Gasteiger partial charge in [-0.05, 0) is 30.3 Å². The number of fused-ring (bicyclic) bond motifs is 1. The van der Waals surface area contributed by atoms with E-state index in [0.717, 1.165) is 6.07 Å². The monoisotopic (exact) mass is 393 g/mol. The van der Waals surface area contributed by atoms with E-state index >= 15 is 0 Å². The number of hydrogen-bond donors (Lipinski definition) is 3. The van der Waals surface area contributed by atoms with Gasteiger partial charge in [-0.2, -0.15) is 0 Å². The molecule has 0 spiro atoms. The van der Waals surface area contributed by atoms with Crippen molar-refractivity contribution in [2.75, 3.05) is 15.8 Å². The van der Waals surface area contributed by atoms with Gasteiger partial charge in [0.2, 0.25) is 15.9 Å². The van der Waals surface area contributed by atoms with Crippen LogP contribution < -0.4 is 15.8 Å². The quantitative estimate of drug-likeness (QED) is 0.593. The molecule has 0 radical (unpaired) electrons. The molecule has 2 aromatic carbocycles. The van der Waals surface area contributed by atoms with Gasteiger partial charge < -0.3 is 9.73 Å². The fourth-order valence-electron chi connectivity index (χ4n) is 2.47. The number of rotatable bonds is 6. The second-order valence-electron chi connectivity index (χ2n) is 6.01. The number of anilines is 2. The lowest BCUT2D eigenvalue weighted by molar-refractivity contribution is -0.118. The summed E-state index contributed by atoms with van der Waals surface area (Å²) in [5.74, 6) is -3.09. The summed E-state index contributed by atoms with van der Waals surface area (Å²) in [4.78, 5) is 25.9. The zero-order valence-electron chi connectivity index (χ0n) is 14.2. The van der Waals surface area contributed by atoms with E-state index in [9.17, 15) is 22.4 Å². The molecule has 0 aliphatic heterocycles. The summed E-state index contributed by atoms with van der Waals surface area (Å²) in [6.45, 7) is 1.45. The number of halogens is 1. The van der Waals surface area contributed by atoms with Crippen molar-refractivity contribution in [2.24, 2.45) is 5.92 Å². The maximum absolute atomic E-state index is 13.2. The van der Waals surface area contributed by atoms with Crippen molar-refractivity contribution in [1.29, 1.82) is 0 Å². The second kappa shape index (κ2) is 7.23. The third kappa shape index (κ3) is 4.73. The highest BCUT2D eigenvalue weighted by Crippen LogP contribution is 2.18. The Kier molecular flexibility index (Phi) is 5.00. The van der Waals surface area contributed by atoms with Crippen molar-refractivity contribution in [3.8, 4) is 0 Å². The number of carbonyl (C=O) groups is 1. The maximum Gasteiger partial charge on any atom is 0.417 e. The van der Waals surface area contributed by atoms with Gasteiger partial charge in [-0.25, -0.2) is 17.6 Å². The number of hydrogen-bond acceptors (Lipinski definition) is 5. The normalized spacial score (nSPS) is 12.7. The van der Waals surface area contributed by atoms with Gasteiger partial charge in [0.15, 0.2) is 5.58 Å². The topological polar surface area (TPSA) is 121 Å². The first kappa shape index (κ1) is 18.6. The van der Waals surface area contributed by atoms with Crippen LogP contribution in [0.15, 0.2) is 51.7 Å². The molecule has 0 aliphatic rings. The average molecular weight is 393 g/mol. The average Bonchev–Trinajstić information content (AvgIpc) is 2.93. The van der Waals surface area contributed by atoms with Crippen molar-refractivity contribution in [1.82, 2.24) is 4.98 Å². The predicted octanol–water partition coefficient (Wildman–Crippen LogP) is 2.28. The standard InChI is InChI=1S/C17H16FN3O5S/c1-10(9-27(24,25)21-13-4-2-3-11(18)7-13)16(22)19-12-5-6-14-15(8-12)26-17(23)20-14/h2-8,10,21H,9H2,1H3,(H,19,22)(H,20,23). The first-order valence-electron chi connectivity index (χ1n) is 7.92. The van der Waals surface area contributed by atoms with Crippen LogP contribution in [0, 0.1) is 11.7 Å². The smallest absolute Gasteiger partial charge is 0.408 e. The molecule has 1 atom stereocenters. The van der Waals surface area contributed by atoms with E-state index in [4.69, 9.17) is 4.42 Å². The van der Waals surface area contributed by atoms with E-state index in [0.29, 0.717) is 11.2 Å². The number of oxazole rings is 1. The van der Waals surface area contributed by atoms with Gasteiger partial charge in [0.1, 0.15) is 5.82 Å². The molecule has 1 heterocycles. The van der Waals surface area contributed by atoms with Gasteiger partial charge in [-0.15, -0.1) is 0 Å². The number of nitrogens with one attached hydrogen (secondary N) is 3. The van der Waals surface area contributed by atoms with Gasteiger partial charge in [-0.3, -0.25) is 14.5 Å². The molecule has 0 bridgehead atoms. The first-order chi connectivity index (χ1) is 12.7. The minimum Gasteiger partial charge on any atom is -0.408 e. The number of benzene rings is 2. The molecular weight excluding hydrogens is 377 g/mol. The fraction of sp³-hybridized carbons (Fsp3) is 0.176. The van der Waals surface area contributed by atoms with Gasteiger partial charge in [0.25, 0.3) is 0 Å². The van der Waals surface area contributed by atoms with Crippen LogP contribution in [0.5, 0.6) is 0 Å². The number of aromatic nitrogens is 1. The van der Waals surface area contributed by atoms with Gasteiger partial charge in [0.05, 0.1) is 22.9 Å². The summed E-state index contributed by atoms with van der Waals surface area (Å²) >= 11 is 0. The van der Waals surface area contributed by atoms with E-state index in [-0.39, 0.29) is 11.3 Å². The molecule has 27 heavy (non-hydrogen) atoms. The van der Waals surface area contributed by atoms with Crippen LogP contribution in [0.1, 0.15) is 6.92 Å². The Bertz CT molecular complexity index is 1150. The molecule has 0 aliphatic carbocycles. The summed E-state index contributed by atoms with van der Waals surface area (Å²) in [5.41, 5.74) is 1.19. The van der Waals surface area contributed by atoms with Crippen molar-refractivity contribution < 1.29 is 22.0 Å². The van der Waals surface area contributed by atoms with Crippen molar-refractivity contribution >= 4 is 38.4 Å². The summed E-state index contributed by atoms with van der Waals surface area (Å²) in [5, 5.41) is 2.57. The highest BCUT2D eigenvalue weighted by Gasteiger charge is 2.22. The molecule has 3 rings (SSSR count). The Morgan fingerprint density at radius 2 is 2.00 bits per heavy atom. The van der Waals surface area contributed by atoms with Crippen LogP contribution in [0.2, 0.25) is 0 Å². The lowest BCUT2D eigenvalue weighted by Crippen LogP contribution is -2.29. The highest BCUT2D eigenvalue weighted by atomic mass is 32.2. The van der Waals surface area contributed by atoms with Crippen molar-refractivity contribution in [3.05, 3.63) is 58.8 Å². The first-order valence-corrected chi connectivity index (χ1v) is 9.57. The Hall–Kier alpha value is -3.14. The second-order valence-corrected chi connectivity index (χ2v) is 7.78. The number of sulfonamides is 1. The summed E-state index contributed by atoms with van der Waals surface area (Å²) in [7, 11) is -3.86. The fourth-order valence-corrected chi connectivity index (χ4v) is 3.85. The number of carbonyl (C=O) groups excluding carboxylic acids is 1. The van der Waals surface area contributed by atoms with Crippen LogP contribution in [0.4, 0.5) is 15.8 Å². The van der Waals surface area contributed by atoms with Crippen LogP contribution in [0.3, 0.4) is 0 Å². The SMILES string of the molecule is CC(CS(=O)(=O)Nc1cccc(F)c1)C(=O)Nc1ccc2[nH]c(=O)oc2c1. The molecule has 1 amide bonds. The van der Waals surface area contributed by atoms with Crippen LogP contribution in [0.25, 0.3) is 11.1 Å². The zero-order chi connectivity index (χ0) is 19.6. The Labute approximate surface area is 153 Å². The van der Waals surface area contributed by atoms with E-state index in [1.807, 2.05) is 0 Å². The maximum atomic E-state index is 13.2. The third-order valence-corrected chi connectivity index (χ3v) is 5.19. The minimum absolute atomic E-state index is 0.0792. The predicted molar refractivity (Wildman–Crippen MR) is 98.4 cm³/mol. The number of aromatic amines is 1. The van der Waals surface area contributed by atoms with Crippen LogP contribution in [-0.2, 0) is 14.8 Å². The van der Waals surface area contributed by atoms with Gasteiger partial charge in [-0.1, -0.05) is 13.0 Å². The van der Waals surface area contributed by atoms with Gasteiger partial charge >= 0.3 is 5.76 Å². The molecule has 1 unspecified atom stereocenters. The van der Waals surface area contributed by atoms with E-state index < -0.39 is 39.2 Å². The molecule has 142 valence electrons. The van der Waals surface area contributed by atoms with Crippen molar-refractivity contribution in [3.63, 3.8) is 0 Å². The molecule has 1 aromatic heterocycles. The Balaban J connectivity index is 1.66. The van der Waals surface area contributed by atoms with E-state index in [2.05, 4.69) is 15.0 Å². The van der Waals surface area contributed by atoms with Crippen molar-refractivity contribution in [2.45, 2.75) is 6.92 Å². The summed E-state index contributed by atoms with van der Waals surface area (Å²) < 4.78 is 44.7. The molecule has 8 nitrogen and oxygen atoms in total. The van der Waals surface area contributed by atoms with Gasteiger partial charge in [0, 0.05) is 11.8 Å². The Morgan fingerprint density at radius 3 is 2.74 bits per heavy atom. The Morgan fingerprint density at radius 1 is 1.22 bits per heavy atom. The molecule has 0 fully saturated rings. The molecule has 0 saturated carbocycles. The van der Waals surface area contributed by atoms with E-state index in [1.165, 1.54) is 31.2 Å². The lowest BCUT2D eigenvalue weighted by atomic mass is 10.2. The number of H-pyrrole nitrogens is 1. The summed E-state index contributed by atoms with van der Waals surface area (Å²) in [6.07, 6.45) is 0. The minimum atomic E-state index is -3.86. The lowest BCUT2D eigenvalue weighted by Gasteiger charge is -2.14.